The van der Waals surface area contributed by atoms with Crippen LogP contribution in [-0.2, 0) is 16.5 Å². The molecule has 0 aromatic carbocycles. The summed E-state index contributed by atoms with van der Waals surface area (Å²) in [4.78, 5) is 13.8. The van der Waals surface area contributed by atoms with Gasteiger partial charge in [0.15, 0.2) is 27.1 Å². The van der Waals surface area contributed by atoms with Crippen LogP contribution in [0.15, 0.2) is 11.4 Å². The zero-order chi connectivity index (χ0) is 25.8. The van der Waals surface area contributed by atoms with Gasteiger partial charge < -0.3 is 21.4 Å². The molecule has 1 saturated carbocycles. The number of carbonyl (C=O) groups is 1. The molecule has 2 unspecified atom stereocenters. The van der Waals surface area contributed by atoms with Crippen LogP contribution in [0.5, 0.6) is 0 Å². The van der Waals surface area contributed by atoms with Crippen LogP contribution in [0.1, 0.15) is 25.7 Å². The van der Waals surface area contributed by atoms with Crippen LogP contribution in [0.2, 0.25) is 71.0 Å². The van der Waals surface area contributed by atoms with Crippen LogP contribution in [0.4, 0.5) is 9.18 Å². The van der Waals surface area contributed by atoms with Crippen molar-refractivity contribution in [2.24, 2.45) is 0 Å². The quantitative estimate of drug-likeness (QED) is 0.181. The van der Waals surface area contributed by atoms with Crippen molar-refractivity contribution in [3.8, 4) is 0 Å². The molecule has 0 spiro atoms. The molecule has 1 aliphatic rings. The predicted octanol–water partition coefficient (Wildman–Crippen LogP) is 5.32. The topological polar surface area (TPSA) is 57.2 Å². The van der Waals surface area contributed by atoms with E-state index >= 15 is 0 Å². The monoisotopic (exact) mass is 569 g/mol. The van der Waals surface area contributed by atoms with Gasteiger partial charge in [-0.25, -0.2) is 4.79 Å². The Labute approximate surface area is 210 Å². The fourth-order valence-electron chi connectivity index (χ4n) is 4.73. The van der Waals surface area contributed by atoms with Gasteiger partial charge in [0, 0.05) is 13.1 Å². The van der Waals surface area contributed by atoms with E-state index in [2.05, 4.69) is 72.0 Å². The third-order valence-corrected chi connectivity index (χ3v) is 28.0. The lowest BCUT2D eigenvalue weighted by Crippen LogP contribution is -2.63. The molecule has 1 fully saturated rings. The number of rotatable bonds is 12. The van der Waals surface area contributed by atoms with E-state index in [-0.39, 0.29) is 6.04 Å². The molecule has 0 aliphatic heterocycles. The molecule has 0 heterocycles. The smallest absolute Gasteiger partial charge is 0.399 e. The molecule has 0 N–H and O–H groups in total. The minimum atomic E-state index is -3.25. The predicted molar refractivity (Wildman–Crippen MR) is 151 cm³/mol. The maximum Gasteiger partial charge on any atom is 0.636 e. The van der Waals surface area contributed by atoms with Crippen LogP contribution in [0.25, 0.3) is 0 Å². The number of hydrogen-bond acceptors (Lipinski definition) is 5. The number of hydrogen-bond donors (Lipinski definition) is 0. The highest BCUT2D eigenvalue weighted by Gasteiger charge is 2.54. The zero-order valence-corrected chi connectivity index (χ0v) is 29.3. The van der Waals surface area contributed by atoms with Gasteiger partial charge in [0.2, 0.25) is 8.32 Å². The maximum atomic E-state index is 13.4. The Kier molecular flexibility index (Phi) is 11.9. The van der Waals surface area contributed by atoms with Crippen molar-refractivity contribution in [1.29, 1.82) is 0 Å². The van der Waals surface area contributed by atoms with E-state index < -0.39 is 58.7 Å². The first-order chi connectivity index (χ1) is 14.9. The van der Waals surface area contributed by atoms with Crippen molar-refractivity contribution in [3.63, 3.8) is 0 Å². The van der Waals surface area contributed by atoms with E-state index in [4.69, 9.17) is 16.5 Å². The molecule has 0 radical (unpaired) electrons. The van der Waals surface area contributed by atoms with Crippen molar-refractivity contribution in [1.82, 2.24) is 4.90 Å². The van der Waals surface area contributed by atoms with Gasteiger partial charge in [0.25, 0.3) is 0 Å². The van der Waals surface area contributed by atoms with Gasteiger partial charge in [-0.15, -0.1) is 11.0 Å². The SMILES string of the molecule is C=C([Si](C)(C)O[Si](O[SiH](C)C)(O[SiH](C)C)O[SiH](C)C)[Si](C)(C)C1CCCC(N(C)C(=O)F)C1. The van der Waals surface area contributed by atoms with Crippen molar-refractivity contribution < 1.29 is 25.6 Å². The molecule has 0 aromatic heterocycles. The Hall–Kier alpha value is 0.281. The number of halogens is 1. The first kappa shape index (κ1) is 31.3. The Bertz CT molecular complexity index is 653. The van der Waals surface area contributed by atoms with E-state index in [0.29, 0.717) is 5.54 Å². The lowest BCUT2D eigenvalue weighted by molar-refractivity contribution is 0.151. The second kappa shape index (κ2) is 12.5. The standard InChI is InChI=1S/C20H48FNO5Si6/c1-17(31(9,10)19-15-13-14-18(16-19)22(2)20(21)23)32(11,12)27-33(24-28(3)4,25-29(5)6)26-30(7)8/h18-19,28-30H,1,13-16H2,2-12H3. The summed E-state index contributed by atoms with van der Waals surface area (Å²) in [6, 6.07) is -0.0409. The lowest BCUT2D eigenvalue weighted by atomic mass is 9.94. The first-order valence-corrected chi connectivity index (χ1v) is 28.3. The summed E-state index contributed by atoms with van der Waals surface area (Å²) in [6.45, 7) is 26.5. The van der Waals surface area contributed by atoms with E-state index in [1.54, 1.807) is 7.05 Å². The zero-order valence-electron chi connectivity index (χ0n) is 22.8. The van der Waals surface area contributed by atoms with Gasteiger partial charge >= 0.3 is 15.2 Å². The summed E-state index contributed by atoms with van der Waals surface area (Å²) in [5.41, 5.74) is 0.429. The summed E-state index contributed by atoms with van der Waals surface area (Å²) in [5, 5.41) is 0. The Morgan fingerprint density at radius 2 is 1.39 bits per heavy atom. The van der Waals surface area contributed by atoms with Crippen LogP contribution in [0.3, 0.4) is 0 Å². The molecule has 13 heteroatoms. The summed E-state index contributed by atoms with van der Waals surface area (Å²) in [6.07, 6.45) is 2.45. The Morgan fingerprint density at radius 1 is 0.939 bits per heavy atom. The molecule has 1 rings (SSSR count). The summed E-state index contributed by atoms with van der Waals surface area (Å²) >= 11 is 0. The largest absolute Gasteiger partial charge is 0.636 e. The lowest BCUT2D eigenvalue weighted by Gasteiger charge is -2.46. The fraction of sp³-hybridized carbons (Fsp3) is 0.850. The number of nitrogens with zero attached hydrogens (tertiary/aromatic N) is 1. The van der Waals surface area contributed by atoms with Crippen LogP contribution < -0.4 is 0 Å². The van der Waals surface area contributed by atoms with Crippen molar-refractivity contribution >= 4 is 58.7 Å². The molecule has 1 aliphatic carbocycles. The van der Waals surface area contributed by atoms with Gasteiger partial charge in [-0.1, -0.05) is 30.8 Å². The second-order valence-electron chi connectivity index (χ2n) is 11.2. The van der Waals surface area contributed by atoms with Crippen LogP contribution in [0, 0.1) is 0 Å². The fourth-order valence-corrected chi connectivity index (χ4v) is 28.3. The summed E-state index contributed by atoms with van der Waals surface area (Å²) in [7, 11) is -10.6. The molecule has 0 aromatic rings. The van der Waals surface area contributed by atoms with Gasteiger partial charge in [-0.3, -0.25) is 0 Å². The molecule has 6 nitrogen and oxygen atoms in total. The summed E-state index contributed by atoms with van der Waals surface area (Å²) in [5.74, 6) is 0. The molecule has 0 bridgehead atoms. The average Bonchev–Trinajstić information content (AvgIpc) is 2.64. The van der Waals surface area contributed by atoms with Gasteiger partial charge in [0.1, 0.15) is 0 Å². The number of carbonyl (C=O) groups excluding carboxylic acids is 1. The highest BCUT2D eigenvalue weighted by atomic mass is 28.5. The van der Waals surface area contributed by atoms with Gasteiger partial charge in [-0.2, -0.15) is 0 Å². The maximum absolute atomic E-state index is 13.4. The summed E-state index contributed by atoms with van der Waals surface area (Å²) < 4.78 is 39.8. The van der Waals surface area contributed by atoms with Crippen LogP contribution >= 0.6 is 0 Å². The minimum Gasteiger partial charge on any atom is -0.399 e. The Balaban J connectivity index is 3.20. The van der Waals surface area contributed by atoms with E-state index in [0.717, 1.165) is 25.7 Å². The Morgan fingerprint density at radius 3 is 1.79 bits per heavy atom. The van der Waals surface area contributed by atoms with Crippen molar-refractivity contribution in [2.75, 3.05) is 7.05 Å². The van der Waals surface area contributed by atoms with E-state index in [1.807, 2.05) is 0 Å². The number of amides is 1. The van der Waals surface area contributed by atoms with Gasteiger partial charge in [0.05, 0.1) is 8.07 Å². The molecular formula is C20H48FNO5Si6. The first-order valence-electron chi connectivity index (χ1n) is 12.3. The average molecular weight is 570 g/mol. The van der Waals surface area contributed by atoms with Crippen LogP contribution in [-0.4, -0.2) is 76.7 Å². The third kappa shape index (κ3) is 9.02. The highest BCUT2D eigenvalue weighted by molar-refractivity contribution is 7.05. The van der Waals surface area contributed by atoms with Gasteiger partial charge in [-0.05, 0) is 70.8 Å². The van der Waals surface area contributed by atoms with Crippen molar-refractivity contribution in [2.45, 2.75) is 103 Å². The highest BCUT2D eigenvalue weighted by Crippen LogP contribution is 2.44. The molecular weight excluding hydrogens is 522 g/mol. The van der Waals surface area contributed by atoms with E-state index in [9.17, 15) is 9.18 Å². The normalized spacial score (nSPS) is 20.6. The van der Waals surface area contributed by atoms with Crippen molar-refractivity contribution in [3.05, 3.63) is 11.4 Å². The third-order valence-electron chi connectivity index (χ3n) is 6.52. The molecule has 2 atom stereocenters. The molecule has 194 valence electrons. The molecule has 0 saturated heterocycles. The molecule has 33 heavy (non-hydrogen) atoms. The molecule has 1 amide bonds. The minimum absolute atomic E-state index is 0.0409. The van der Waals surface area contributed by atoms with E-state index in [1.165, 1.54) is 9.72 Å². The second-order valence-corrected chi connectivity index (χ2v) is 31.1.